The number of hydrogen-bond donors (Lipinski definition) is 2. The van der Waals surface area contributed by atoms with Crippen LogP contribution in [0.2, 0.25) is 0 Å². The number of likely N-dealkylation sites (tertiary alicyclic amines) is 1. The zero-order valence-corrected chi connectivity index (χ0v) is 16.9. The third-order valence-corrected chi connectivity index (χ3v) is 7.13. The van der Waals surface area contributed by atoms with Gasteiger partial charge < -0.3 is 4.90 Å². The van der Waals surface area contributed by atoms with E-state index in [2.05, 4.69) is 20.8 Å². The lowest BCUT2D eigenvalue weighted by atomic mass is 10.1. The quantitative estimate of drug-likeness (QED) is 0.747. The molecule has 2 aromatic rings. The van der Waals surface area contributed by atoms with Crippen LogP contribution >= 0.6 is 0 Å². The standard InChI is InChI=1S/C20H23N5O3S/c1-14-5-7-15(8-6-14)29(27,28)17-10-9-16-19(17)21-13-18(22-16)23-24-20(26)25-11-3-2-4-12-25/h5-10,13,17H,2-4,11-12H2,1H3,(H,22,23)(H,24,26). The number of rotatable bonds is 4. The number of amides is 2. The van der Waals surface area contributed by atoms with E-state index in [-0.39, 0.29) is 10.9 Å². The minimum Gasteiger partial charge on any atom is -0.323 e. The van der Waals surface area contributed by atoms with Crippen molar-refractivity contribution in [3.8, 4) is 0 Å². The lowest BCUT2D eigenvalue weighted by molar-refractivity contribution is 0.188. The highest BCUT2D eigenvalue weighted by Crippen LogP contribution is 2.36. The Morgan fingerprint density at radius 1 is 1.14 bits per heavy atom. The van der Waals surface area contributed by atoms with Gasteiger partial charge in [-0.25, -0.2) is 18.2 Å². The first-order valence-electron chi connectivity index (χ1n) is 9.62. The van der Waals surface area contributed by atoms with E-state index in [1.807, 2.05) is 6.92 Å². The van der Waals surface area contributed by atoms with Gasteiger partial charge in [-0.15, -0.1) is 0 Å². The molecule has 29 heavy (non-hydrogen) atoms. The summed E-state index contributed by atoms with van der Waals surface area (Å²) in [5.41, 5.74) is 7.25. The molecule has 9 heteroatoms. The number of hydrazine groups is 1. The number of hydrogen-bond acceptors (Lipinski definition) is 6. The van der Waals surface area contributed by atoms with Gasteiger partial charge in [0.05, 0.1) is 22.5 Å². The second-order valence-electron chi connectivity index (χ2n) is 7.27. The molecular weight excluding hydrogens is 390 g/mol. The number of carbonyl (C=O) groups excluding carboxylic acids is 1. The second kappa shape index (κ2) is 7.82. The SMILES string of the molecule is Cc1ccc(S(=O)(=O)C2C=Cc3nc(NNC(=O)N4CCCCC4)cnc32)cc1. The molecule has 0 bridgehead atoms. The van der Waals surface area contributed by atoms with Gasteiger partial charge in [-0.05, 0) is 44.4 Å². The van der Waals surface area contributed by atoms with Gasteiger partial charge in [0, 0.05) is 13.1 Å². The van der Waals surface area contributed by atoms with Crippen LogP contribution in [0.4, 0.5) is 10.6 Å². The summed E-state index contributed by atoms with van der Waals surface area (Å²) in [5, 5.41) is -0.871. The number of carbonyl (C=O) groups is 1. The van der Waals surface area contributed by atoms with Crippen molar-refractivity contribution in [1.82, 2.24) is 20.3 Å². The van der Waals surface area contributed by atoms with E-state index in [1.54, 1.807) is 41.3 Å². The van der Waals surface area contributed by atoms with Gasteiger partial charge >= 0.3 is 6.03 Å². The van der Waals surface area contributed by atoms with E-state index in [0.717, 1.165) is 37.9 Å². The number of urea groups is 1. The van der Waals surface area contributed by atoms with Crippen molar-refractivity contribution < 1.29 is 13.2 Å². The Morgan fingerprint density at radius 2 is 1.86 bits per heavy atom. The van der Waals surface area contributed by atoms with Crippen molar-refractivity contribution in [1.29, 1.82) is 0 Å². The Morgan fingerprint density at radius 3 is 2.59 bits per heavy atom. The van der Waals surface area contributed by atoms with Crippen LogP contribution in [0.3, 0.4) is 0 Å². The fourth-order valence-electron chi connectivity index (χ4n) is 3.50. The molecule has 1 aromatic carbocycles. The fraction of sp³-hybridized carbons (Fsp3) is 0.350. The van der Waals surface area contributed by atoms with Crippen molar-refractivity contribution in [3.05, 3.63) is 53.5 Å². The van der Waals surface area contributed by atoms with Crippen LogP contribution < -0.4 is 10.9 Å². The summed E-state index contributed by atoms with van der Waals surface area (Å²) in [7, 11) is -3.61. The number of nitrogens with zero attached hydrogens (tertiary/aromatic N) is 3. The lowest BCUT2D eigenvalue weighted by Gasteiger charge is -2.26. The molecule has 1 fully saturated rings. The number of anilines is 1. The zero-order valence-electron chi connectivity index (χ0n) is 16.1. The summed E-state index contributed by atoms with van der Waals surface area (Å²) in [5.74, 6) is 0.354. The lowest BCUT2D eigenvalue weighted by Crippen LogP contribution is -2.45. The van der Waals surface area contributed by atoms with E-state index in [4.69, 9.17) is 0 Å². The molecule has 1 saturated heterocycles. The molecule has 1 aliphatic heterocycles. The van der Waals surface area contributed by atoms with Gasteiger partial charge in [0.1, 0.15) is 5.25 Å². The average Bonchev–Trinajstić information content (AvgIpc) is 3.17. The molecule has 2 aliphatic rings. The number of benzene rings is 1. The molecular formula is C20H23N5O3S. The number of nitrogens with one attached hydrogen (secondary N) is 2. The Balaban J connectivity index is 1.47. The summed E-state index contributed by atoms with van der Waals surface area (Å²) in [4.78, 5) is 22.9. The zero-order chi connectivity index (χ0) is 20.4. The number of fused-ring (bicyclic) bond motifs is 1. The van der Waals surface area contributed by atoms with Crippen molar-refractivity contribution in [2.24, 2.45) is 0 Å². The summed E-state index contributed by atoms with van der Waals surface area (Å²) < 4.78 is 26.0. The molecule has 1 aromatic heterocycles. The summed E-state index contributed by atoms with van der Waals surface area (Å²) in [6.45, 7) is 3.39. The van der Waals surface area contributed by atoms with Crippen molar-refractivity contribution in [3.63, 3.8) is 0 Å². The molecule has 8 nitrogen and oxygen atoms in total. The number of piperidine rings is 1. The molecule has 0 saturated carbocycles. The summed E-state index contributed by atoms with van der Waals surface area (Å²) in [6.07, 6.45) is 7.83. The van der Waals surface area contributed by atoms with Crippen LogP contribution in [0, 0.1) is 6.92 Å². The maximum absolute atomic E-state index is 13.0. The Hall–Kier alpha value is -2.94. The molecule has 1 unspecified atom stereocenters. The smallest absolute Gasteiger partial charge is 0.323 e. The van der Waals surface area contributed by atoms with Crippen LogP contribution in [0.25, 0.3) is 6.08 Å². The largest absolute Gasteiger partial charge is 0.336 e. The Bertz CT molecular complexity index is 1040. The number of aryl methyl sites for hydroxylation is 1. The monoisotopic (exact) mass is 413 g/mol. The third-order valence-electron chi connectivity index (χ3n) is 5.15. The summed E-state index contributed by atoms with van der Waals surface area (Å²) in [6, 6.07) is 6.56. The van der Waals surface area contributed by atoms with E-state index in [1.165, 1.54) is 6.20 Å². The van der Waals surface area contributed by atoms with E-state index in [9.17, 15) is 13.2 Å². The van der Waals surface area contributed by atoms with E-state index < -0.39 is 15.1 Å². The first-order valence-corrected chi connectivity index (χ1v) is 11.2. The number of sulfone groups is 1. The van der Waals surface area contributed by atoms with E-state index >= 15 is 0 Å². The fourth-order valence-corrected chi connectivity index (χ4v) is 5.07. The van der Waals surface area contributed by atoms with Gasteiger partial charge in [0.25, 0.3) is 0 Å². The van der Waals surface area contributed by atoms with E-state index in [0.29, 0.717) is 17.2 Å². The van der Waals surface area contributed by atoms with Gasteiger partial charge in [-0.3, -0.25) is 15.8 Å². The number of aromatic nitrogens is 2. The molecule has 0 radical (unpaired) electrons. The second-order valence-corrected chi connectivity index (χ2v) is 9.34. The maximum Gasteiger partial charge on any atom is 0.336 e. The molecule has 1 aliphatic carbocycles. The molecule has 4 rings (SSSR count). The third kappa shape index (κ3) is 3.95. The predicted molar refractivity (Wildman–Crippen MR) is 110 cm³/mol. The molecule has 2 N–H and O–H groups in total. The minimum absolute atomic E-state index is 0.206. The minimum atomic E-state index is -3.61. The average molecular weight is 414 g/mol. The molecule has 1 atom stereocenters. The normalized spacial score (nSPS) is 18.4. The Kier molecular flexibility index (Phi) is 5.23. The molecule has 2 heterocycles. The van der Waals surface area contributed by atoms with Gasteiger partial charge in [0.15, 0.2) is 15.7 Å². The van der Waals surface area contributed by atoms with Gasteiger partial charge in [-0.2, -0.15) is 0 Å². The van der Waals surface area contributed by atoms with Crippen LogP contribution in [0.15, 0.2) is 41.4 Å². The highest BCUT2D eigenvalue weighted by atomic mass is 32.2. The topological polar surface area (TPSA) is 104 Å². The first-order chi connectivity index (χ1) is 13.9. The van der Waals surface area contributed by atoms with Crippen molar-refractivity contribution >= 4 is 27.8 Å². The predicted octanol–water partition coefficient (Wildman–Crippen LogP) is 2.85. The Labute approximate surface area is 169 Å². The first kappa shape index (κ1) is 19.4. The molecule has 0 spiro atoms. The highest BCUT2D eigenvalue weighted by molar-refractivity contribution is 7.91. The van der Waals surface area contributed by atoms with Crippen molar-refractivity contribution in [2.75, 3.05) is 18.5 Å². The molecule has 2 amide bonds. The highest BCUT2D eigenvalue weighted by Gasteiger charge is 2.33. The van der Waals surface area contributed by atoms with Gasteiger partial charge in [0.2, 0.25) is 0 Å². The van der Waals surface area contributed by atoms with Gasteiger partial charge in [-0.1, -0.05) is 23.8 Å². The molecule has 152 valence electrons. The van der Waals surface area contributed by atoms with Crippen LogP contribution in [0.5, 0.6) is 0 Å². The van der Waals surface area contributed by atoms with Crippen molar-refractivity contribution in [2.45, 2.75) is 36.3 Å². The van der Waals surface area contributed by atoms with Crippen LogP contribution in [-0.4, -0.2) is 42.4 Å². The maximum atomic E-state index is 13.0. The van der Waals surface area contributed by atoms with Crippen LogP contribution in [0.1, 0.15) is 41.5 Å². The summed E-state index contributed by atoms with van der Waals surface area (Å²) >= 11 is 0. The van der Waals surface area contributed by atoms with Crippen LogP contribution in [-0.2, 0) is 9.84 Å².